The first-order valence-electron chi connectivity index (χ1n) is 7.40. The Labute approximate surface area is 114 Å². The first-order chi connectivity index (χ1) is 9.16. The van der Waals surface area contributed by atoms with Crippen LogP contribution in [-0.2, 0) is 9.59 Å². The van der Waals surface area contributed by atoms with Gasteiger partial charge in [-0.15, -0.1) is 0 Å². The van der Waals surface area contributed by atoms with E-state index in [1.807, 2.05) is 4.90 Å². The number of carboxylic acids is 1. The van der Waals surface area contributed by atoms with E-state index >= 15 is 0 Å². The maximum absolute atomic E-state index is 12.3. The first-order valence-corrected chi connectivity index (χ1v) is 7.40. The summed E-state index contributed by atoms with van der Waals surface area (Å²) in [6, 6.07) is 0. The van der Waals surface area contributed by atoms with Gasteiger partial charge in [-0.1, -0.05) is 19.3 Å². The summed E-state index contributed by atoms with van der Waals surface area (Å²) in [5.74, 6) is -0.169. The molecule has 0 bridgehead atoms. The molecule has 2 aliphatic rings. The van der Waals surface area contributed by atoms with Gasteiger partial charge >= 0.3 is 5.97 Å². The number of nitrogens with zero attached hydrogens (tertiary/aromatic N) is 2. The van der Waals surface area contributed by atoms with Crippen LogP contribution in [-0.4, -0.2) is 59.5 Å². The molecule has 108 valence electrons. The topological polar surface area (TPSA) is 60.9 Å². The standard InChI is InChI=1S/C14H24N2O3/c17-13(18)6-7-15-8-10-16(11-9-15)14(19)12-4-2-1-3-5-12/h12H,1-11H2,(H,17,18). The number of rotatable bonds is 4. The van der Waals surface area contributed by atoms with E-state index in [-0.39, 0.29) is 12.3 Å². The summed E-state index contributed by atoms with van der Waals surface area (Å²) >= 11 is 0. The number of aliphatic carboxylic acids is 1. The van der Waals surface area contributed by atoms with E-state index in [4.69, 9.17) is 5.11 Å². The SMILES string of the molecule is O=C(O)CCN1CCN(C(=O)C2CCCCC2)CC1. The van der Waals surface area contributed by atoms with Crippen molar-refractivity contribution in [2.45, 2.75) is 38.5 Å². The van der Waals surface area contributed by atoms with E-state index in [0.717, 1.165) is 39.0 Å². The maximum Gasteiger partial charge on any atom is 0.304 e. The quantitative estimate of drug-likeness (QED) is 0.832. The predicted molar refractivity (Wildman–Crippen MR) is 71.8 cm³/mol. The van der Waals surface area contributed by atoms with Gasteiger partial charge in [-0.3, -0.25) is 14.5 Å². The number of carbonyl (C=O) groups is 2. The molecule has 0 spiro atoms. The van der Waals surface area contributed by atoms with E-state index in [2.05, 4.69) is 4.90 Å². The summed E-state index contributed by atoms with van der Waals surface area (Å²) in [7, 11) is 0. The van der Waals surface area contributed by atoms with Crippen molar-refractivity contribution in [2.24, 2.45) is 5.92 Å². The molecule has 1 heterocycles. The molecule has 0 unspecified atom stereocenters. The van der Waals surface area contributed by atoms with Gasteiger partial charge in [0.25, 0.3) is 0 Å². The molecule has 5 nitrogen and oxygen atoms in total. The fourth-order valence-corrected chi connectivity index (χ4v) is 3.05. The smallest absolute Gasteiger partial charge is 0.304 e. The third-order valence-corrected chi connectivity index (χ3v) is 4.28. The fraction of sp³-hybridized carbons (Fsp3) is 0.857. The lowest BCUT2D eigenvalue weighted by Crippen LogP contribution is -2.50. The van der Waals surface area contributed by atoms with Crippen LogP contribution in [0.3, 0.4) is 0 Å². The summed E-state index contributed by atoms with van der Waals surface area (Å²) < 4.78 is 0. The van der Waals surface area contributed by atoms with Gasteiger partial charge in [0.2, 0.25) is 5.91 Å². The third kappa shape index (κ3) is 4.20. The zero-order chi connectivity index (χ0) is 13.7. The third-order valence-electron chi connectivity index (χ3n) is 4.28. The molecule has 0 radical (unpaired) electrons. The van der Waals surface area contributed by atoms with Crippen molar-refractivity contribution in [2.75, 3.05) is 32.7 Å². The minimum Gasteiger partial charge on any atom is -0.481 e. The Hall–Kier alpha value is -1.10. The fourth-order valence-electron chi connectivity index (χ4n) is 3.05. The van der Waals surface area contributed by atoms with Crippen molar-refractivity contribution in [1.82, 2.24) is 9.80 Å². The molecular formula is C14H24N2O3. The average molecular weight is 268 g/mol. The molecule has 1 N–H and O–H groups in total. The lowest BCUT2D eigenvalue weighted by atomic mass is 9.88. The number of hydrogen-bond donors (Lipinski definition) is 1. The van der Waals surface area contributed by atoms with Crippen molar-refractivity contribution in [1.29, 1.82) is 0 Å². The first kappa shape index (κ1) is 14.3. The lowest BCUT2D eigenvalue weighted by Gasteiger charge is -2.37. The maximum atomic E-state index is 12.3. The van der Waals surface area contributed by atoms with E-state index in [9.17, 15) is 9.59 Å². The molecule has 1 aliphatic heterocycles. The van der Waals surface area contributed by atoms with Crippen molar-refractivity contribution in [3.63, 3.8) is 0 Å². The Balaban J connectivity index is 1.72. The number of hydrogen-bond acceptors (Lipinski definition) is 3. The van der Waals surface area contributed by atoms with E-state index in [1.165, 1.54) is 19.3 Å². The molecular weight excluding hydrogens is 244 g/mol. The van der Waals surface area contributed by atoms with Crippen LogP contribution in [0.4, 0.5) is 0 Å². The van der Waals surface area contributed by atoms with Crippen LogP contribution in [0, 0.1) is 5.92 Å². The average Bonchev–Trinajstić information content (AvgIpc) is 2.46. The summed E-state index contributed by atoms with van der Waals surface area (Å²) in [5.41, 5.74) is 0. The molecule has 5 heteroatoms. The molecule has 2 rings (SSSR count). The highest BCUT2D eigenvalue weighted by molar-refractivity contribution is 5.79. The molecule has 0 atom stereocenters. The van der Waals surface area contributed by atoms with Gasteiger partial charge in [-0.2, -0.15) is 0 Å². The Bertz CT molecular complexity index is 319. The minimum atomic E-state index is -0.749. The largest absolute Gasteiger partial charge is 0.481 e. The van der Waals surface area contributed by atoms with Gasteiger partial charge in [0.05, 0.1) is 6.42 Å². The highest BCUT2D eigenvalue weighted by Crippen LogP contribution is 2.25. The molecule has 0 aromatic rings. The number of amides is 1. The van der Waals surface area contributed by atoms with Crippen molar-refractivity contribution in [3.8, 4) is 0 Å². The predicted octanol–water partition coefficient (Wildman–Crippen LogP) is 1.19. The zero-order valence-electron chi connectivity index (χ0n) is 11.5. The van der Waals surface area contributed by atoms with Gasteiger partial charge in [0.15, 0.2) is 0 Å². The molecule has 1 saturated carbocycles. The molecule has 2 fully saturated rings. The zero-order valence-corrected chi connectivity index (χ0v) is 11.5. The van der Waals surface area contributed by atoms with Crippen molar-refractivity contribution in [3.05, 3.63) is 0 Å². The second-order valence-electron chi connectivity index (χ2n) is 5.65. The highest BCUT2D eigenvalue weighted by Gasteiger charge is 2.28. The van der Waals surface area contributed by atoms with Crippen LogP contribution >= 0.6 is 0 Å². The summed E-state index contributed by atoms with van der Waals surface area (Å²) in [4.78, 5) is 27.0. The Morgan fingerprint density at radius 2 is 1.63 bits per heavy atom. The van der Waals surface area contributed by atoms with Crippen LogP contribution in [0.15, 0.2) is 0 Å². The molecule has 19 heavy (non-hydrogen) atoms. The summed E-state index contributed by atoms with van der Waals surface area (Å²) in [6.07, 6.45) is 5.95. The Morgan fingerprint density at radius 1 is 1.00 bits per heavy atom. The summed E-state index contributed by atoms with van der Waals surface area (Å²) in [6.45, 7) is 3.74. The van der Waals surface area contributed by atoms with Gasteiger partial charge in [-0.05, 0) is 12.8 Å². The van der Waals surface area contributed by atoms with Crippen LogP contribution in [0.2, 0.25) is 0 Å². The molecule has 1 saturated heterocycles. The second-order valence-corrected chi connectivity index (χ2v) is 5.65. The Kier molecular flexibility index (Phi) is 5.19. The molecule has 1 amide bonds. The Morgan fingerprint density at radius 3 is 2.21 bits per heavy atom. The molecule has 0 aromatic heterocycles. The summed E-state index contributed by atoms with van der Waals surface area (Å²) in [5, 5.41) is 8.66. The van der Waals surface area contributed by atoms with Crippen LogP contribution in [0.5, 0.6) is 0 Å². The van der Waals surface area contributed by atoms with E-state index < -0.39 is 5.97 Å². The van der Waals surface area contributed by atoms with Crippen molar-refractivity contribution >= 4 is 11.9 Å². The van der Waals surface area contributed by atoms with Crippen molar-refractivity contribution < 1.29 is 14.7 Å². The van der Waals surface area contributed by atoms with Gasteiger partial charge in [0, 0.05) is 38.6 Å². The van der Waals surface area contributed by atoms with Crippen LogP contribution in [0.1, 0.15) is 38.5 Å². The van der Waals surface area contributed by atoms with Crippen LogP contribution < -0.4 is 0 Å². The minimum absolute atomic E-state index is 0.191. The second kappa shape index (κ2) is 6.89. The van der Waals surface area contributed by atoms with Gasteiger partial charge < -0.3 is 10.0 Å². The lowest BCUT2D eigenvalue weighted by molar-refractivity contribution is -0.140. The highest BCUT2D eigenvalue weighted by atomic mass is 16.4. The molecule has 0 aromatic carbocycles. The van der Waals surface area contributed by atoms with E-state index in [0.29, 0.717) is 12.5 Å². The normalized spacial score (nSPS) is 22.4. The number of piperazine rings is 1. The molecule has 1 aliphatic carbocycles. The van der Waals surface area contributed by atoms with Gasteiger partial charge in [-0.25, -0.2) is 0 Å². The van der Waals surface area contributed by atoms with Crippen LogP contribution in [0.25, 0.3) is 0 Å². The number of carbonyl (C=O) groups excluding carboxylic acids is 1. The van der Waals surface area contributed by atoms with E-state index in [1.54, 1.807) is 0 Å². The van der Waals surface area contributed by atoms with Gasteiger partial charge in [0.1, 0.15) is 0 Å². The monoisotopic (exact) mass is 268 g/mol. The number of carboxylic acid groups (broad SMARTS) is 1.